The van der Waals surface area contributed by atoms with Crippen LogP contribution in [0.4, 0.5) is 4.79 Å². The fraction of sp³-hybridized carbons (Fsp3) is 0.429. The van der Waals surface area contributed by atoms with Gasteiger partial charge in [0.1, 0.15) is 6.04 Å². The SMILES string of the molecule is O=C1NC[C@@H](C(=O)N[C@@H]2CCc3ccccc3C2)N1. The minimum atomic E-state index is -0.440. The van der Waals surface area contributed by atoms with E-state index in [1.54, 1.807) is 0 Å². The summed E-state index contributed by atoms with van der Waals surface area (Å²) in [6, 6.07) is 7.81. The summed E-state index contributed by atoms with van der Waals surface area (Å²) in [5.41, 5.74) is 2.69. The van der Waals surface area contributed by atoms with Gasteiger partial charge in [-0.15, -0.1) is 0 Å². The van der Waals surface area contributed by atoms with Crippen LogP contribution >= 0.6 is 0 Å². The number of fused-ring (bicyclic) bond motifs is 1. The molecule has 0 aromatic heterocycles. The second-order valence-electron chi connectivity index (χ2n) is 5.12. The average molecular weight is 259 g/mol. The molecule has 1 saturated heterocycles. The molecule has 1 aromatic rings. The third-order valence-electron chi connectivity index (χ3n) is 3.78. The van der Waals surface area contributed by atoms with Crippen LogP contribution in [0, 0.1) is 0 Å². The van der Waals surface area contributed by atoms with Crippen molar-refractivity contribution in [2.24, 2.45) is 0 Å². The molecule has 100 valence electrons. The van der Waals surface area contributed by atoms with E-state index in [4.69, 9.17) is 0 Å². The van der Waals surface area contributed by atoms with Crippen LogP contribution < -0.4 is 16.0 Å². The van der Waals surface area contributed by atoms with Gasteiger partial charge in [-0.3, -0.25) is 4.79 Å². The second-order valence-corrected chi connectivity index (χ2v) is 5.12. The summed E-state index contributed by atoms with van der Waals surface area (Å²) in [5, 5.41) is 8.22. The molecule has 0 saturated carbocycles. The summed E-state index contributed by atoms with van der Waals surface area (Å²) in [6.07, 6.45) is 2.82. The van der Waals surface area contributed by atoms with Crippen LogP contribution in [0.2, 0.25) is 0 Å². The van der Waals surface area contributed by atoms with Gasteiger partial charge >= 0.3 is 6.03 Å². The number of benzene rings is 1. The minimum Gasteiger partial charge on any atom is -0.351 e. The quantitative estimate of drug-likeness (QED) is 0.717. The number of hydrogen-bond acceptors (Lipinski definition) is 2. The van der Waals surface area contributed by atoms with Gasteiger partial charge in [0.2, 0.25) is 5.91 Å². The molecule has 5 heteroatoms. The van der Waals surface area contributed by atoms with Gasteiger partial charge in [-0.2, -0.15) is 0 Å². The number of hydrogen-bond donors (Lipinski definition) is 3. The zero-order valence-electron chi connectivity index (χ0n) is 10.6. The molecule has 1 aromatic carbocycles. The van der Waals surface area contributed by atoms with Gasteiger partial charge in [0.15, 0.2) is 0 Å². The van der Waals surface area contributed by atoms with Crippen LogP contribution in [0.15, 0.2) is 24.3 Å². The number of urea groups is 1. The first-order chi connectivity index (χ1) is 9.22. The zero-order valence-corrected chi connectivity index (χ0v) is 10.6. The van der Waals surface area contributed by atoms with Crippen LogP contribution in [0.5, 0.6) is 0 Å². The summed E-state index contributed by atoms with van der Waals surface area (Å²) < 4.78 is 0. The van der Waals surface area contributed by atoms with Crippen molar-refractivity contribution in [1.29, 1.82) is 0 Å². The Morgan fingerprint density at radius 3 is 2.79 bits per heavy atom. The first-order valence-electron chi connectivity index (χ1n) is 6.64. The highest BCUT2D eigenvalue weighted by molar-refractivity contribution is 5.90. The monoisotopic (exact) mass is 259 g/mol. The predicted octanol–water partition coefficient (Wildman–Crippen LogP) is 0.341. The van der Waals surface area contributed by atoms with E-state index in [0.717, 1.165) is 19.3 Å². The lowest BCUT2D eigenvalue weighted by Crippen LogP contribution is -2.48. The highest BCUT2D eigenvalue weighted by Crippen LogP contribution is 2.21. The van der Waals surface area contributed by atoms with Gasteiger partial charge in [-0.05, 0) is 30.4 Å². The molecule has 0 unspecified atom stereocenters. The zero-order chi connectivity index (χ0) is 13.2. The normalized spacial score (nSPS) is 25.2. The maximum atomic E-state index is 12.0. The molecule has 3 rings (SSSR count). The third-order valence-corrected chi connectivity index (χ3v) is 3.78. The highest BCUT2D eigenvalue weighted by Gasteiger charge is 2.29. The van der Waals surface area contributed by atoms with Gasteiger partial charge < -0.3 is 16.0 Å². The average Bonchev–Trinajstić information content (AvgIpc) is 2.85. The standard InChI is InChI=1S/C14H17N3O2/c18-13(12-8-15-14(19)17-12)16-11-6-5-9-3-1-2-4-10(9)7-11/h1-4,11-12H,5-8H2,(H,16,18)(H2,15,17,19)/t11-,12+/m1/s1. The maximum Gasteiger partial charge on any atom is 0.315 e. The highest BCUT2D eigenvalue weighted by atomic mass is 16.2. The molecule has 0 spiro atoms. The first kappa shape index (κ1) is 12.0. The van der Waals surface area contributed by atoms with Gasteiger partial charge in [0, 0.05) is 12.6 Å². The first-order valence-corrected chi connectivity index (χ1v) is 6.64. The minimum absolute atomic E-state index is 0.0947. The molecule has 3 N–H and O–H groups in total. The summed E-state index contributed by atoms with van der Waals surface area (Å²) in [5.74, 6) is -0.0947. The molecule has 2 atom stereocenters. The van der Waals surface area contributed by atoms with Gasteiger partial charge in [-0.1, -0.05) is 24.3 Å². The Hall–Kier alpha value is -2.04. The number of rotatable bonds is 2. The van der Waals surface area contributed by atoms with Crippen LogP contribution in [-0.2, 0) is 17.6 Å². The van der Waals surface area contributed by atoms with Gasteiger partial charge in [0.25, 0.3) is 0 Å². The maximum absolute atomic E-state index is 12.0. The van der Waals surface area contributed by atoms with E-state index in [1.165, 1.54) is 11.1 Å². The van der Waals surface area contributed by atoms with E-state index in [1.807, 2.05) is 6.07 Å². The molecule has 0 radical (unpaired) electrons. The van der Waals surface area contributed by atoms with Crippen molar-refractivity contribution in [3.8, 4) is 0 Å². The molecule has 1 aliphatic carbocycles. The van der Waals surface area contributed by atoms with E-state index in [9.17, 15) is 9.59 Å². The molecule has 2 aliphatic rings. The third kappa shape index (κ3) is 2.54. The van der Waals surface area contributed by atoms with E-state index in [-0.39, 0.29) is 18.0 Å². The lowest BCUT2D eigenvalue weighted by atomic mass is 9.88. The Balaban J connectivity index is 1.60. The number of nitrogens with one attached hydrogen (secondary N) is 3. The second kappa shape index (κ2) is 4.91. The predicted molar refractivity (Wildman–Crippen MR) is 70.7 cm³/mol. The molecular formula is C14H17N3O2. The summed E-state index contributed by atoms with van der Waals surface area (Å²) in [4.78, 5) is 23.0. The molecule has 1 aliphatic heterocycles. The fourth-order valence-corrected chi connectivity index (χ4v) is 2.74. The number of amides is 3. The van der Waals surface area contributed by atoms with Crippen molar-refractivity contribution in [3.63, 3.8) is 0 Å². The van der Waals surface area contributed by atoms with Gasteiger partial charge in [0.05, 0.1) is 0 Å². The number of carbonyl (C=O) groups is 2. The van der Waals surface area contributed by atoms with E-state index < -0.39 is 6.04 Å². The molecule has 19 heavy (non-hydrogen) atoms. The van der Waals surface area contributed by atoms with Crippen LogP contribution in [0.25, 0.3) is 0 Å². The molecule has 1 heterocycles. The fourth-order valence-electron chi connectivity index (χ4n) is 2.74. The smallest absolute Gasteiger partial charge is 0.315 e. The largest absolute Gasteiger partial charge is 0.351 e. The Kier molecular flexibility index (Phi) is 3.11. The summed E-state index contributed by atoms with van der Waals surface area (Å²) in [6.45, 7) is 0.369. The Labute approximate surface area is 111 Å². The Morgan fingerprint density at radius 1 is 1.26 bits per heavy atom. The molecule has 5 nitrogen and oxygen atoms in total. The molecule has 1 fully saturated rings. The van der Waals surface area contributed by atoms with Crippen LogP contribution in [0.3, 0.4) is 0 Å². The molecule has 0 bridgehead atoms. The molecule has 3 amide bonds. The summed E-state index contributed by atoms with van der Waals surface area (Å²) in [7, 11) is 0. The Morgan fingerprint density at radius 2 is 2.05 bits per heavy atom. The van der Waals surface area contributed by atoms with Crippen molar-refractivity contribution in [2.45, 2.75) is 31.3 Å². The summed E-state index contributed by atoms with van der Waals surface area (Å²) >= 11 is 0. The van der Waals surface area contributed by atoms with Crippen molar-refractivity contribution in [1.82, 2.24) is 16.0 Å². The van der Waals surface area contributed by atoms with Crippen molar-refractivity contribution >= 4 is 11.9 Å². The number of carbonyl (C=O) groups excluding carboxylic acids is 2. The van der Waals surface area contributed by atoms with Crippen molar-refractivity contribution in [3.05, 3.63) is 35.4 Å². The van der Waals surface area contributed by atoms with E-state index in [2.05, 4.69) is 34.1 Å². The topological polar surface area (TPSA) is 70.2 Å². The Bertz CT molecular complexity index is 515. The van der Waals surface area contributed by atoms with E-state index in [0.29, 0.717) is 6.54 Å². The lowest BCUT2D eigenvalue weighted by molar-refractivity contribution is -0.123. The number of aryl methyl sites for hydroxylation is 1. The van der Waals surface area contributed by atoms with E-state index >= 15 is 0 Å². The van der Waals surface area contributed by atoms with Crippen molar-refractivity contribution < 1.29 is 9.59 Å². The lowest BCUT2D eigenvalue weighted by Gasteiger charge is -2.26. The van der Waals surface area contributed by atoms with Crippen LogP contribution in [-0.4, -0.2) is 30.6 Å². The van der Waals surface area contributed by atoms with Gasteiger partial charge in [-0.25, -0.2) is 4.79 Å². The molecular weight excluding hydrogens is 242 g/mol. The van der Waals surface area contributed by atoms with Crippen LogP contribution in [0.1, 0.15) is 17.5 Å². The van der Waals surface area contributed by atoms with Crippen molar-refractivity contribution in [2.75, 3.05) is 6.54 Å².